The van der Waals surface area contributed by atoms with Gasteiger partial charge in [-0.25, -0.2) is 0 Å². The van der Waals surface area contributed by atoms with Crippen molar-refractivity contribution < 1.29 is 9.53 Å². The summed E-state index contributed by atoms with van der Waals surface area (Å²) in [6, 6.07) is 18.4. The van der Waals surface area contributed by atoms with Crippen molar-refractivity contribution >= 4 is 16.8 Å². The van der Waals surface area contributed by atoms with Crippen LogP contribution in [0.2, 0.25) is 0 Å². The molecule has 5 heteroatoms. The van der Waals surface area contributed by atoms with Crippen molar-refractivity contribution in [2.75, 3.05) is 33.3 Å². The van der Waals surface area contributed by atoms with Gasteiger partial charge in [-0.1, -0.05) is 30.3 Å². The van der Waals surface area contributed by atoms with E-state index in [0.717, 1.165) is 55.1 Å². The van der Waals surface area contributed by atoms with Crippen molar-refractivity contribution in [1.29, 1.82) is 0 Å². The van der Waals surface area contributed by atoms with Gasteiger partial charge in [0.15, 0.2) is 0 Å². The van der Waals surface area contributed by atoms with Gasteiger partial charge in [0, 0.05) is 43.9 Å². The van der Waals surface area contributed by atoms with Crippen molar-refractivity contribution in [3.8, 4) is 5.75 Å². The van der Waals surface area contributed by atoms with E-state index in [-0.39, 0.29) is 5.91 Å². The van der Waals surface area contributed by atoms with Gasteiger partial charge in [0.2, 0.25) is 5.91 Å². The van der Waals surface area contributed by atoms with Gasteiger partial charge in [-0.3, -0.25) is 9.69 Å². The number of piperazine rings is 1. The molecule has 0 unspecified atom stereocenters. The number of ether oxygens (including phenoxy) is 1. The summed E-state index contributed by atoms with van der Waals surface area (Å²) >= 11 is 0. The quantitative estimate of drug-likeness (QED) is 0.758. The number of benzene rings is 2. The fourth-order valence-corrected chi connectivity index (χ4v) is 3.65. The molecule has 1 saturated heterocycles. The highest BCUT2D eigenvalue weighted by Crippen LogP contribution is 2.17. The van der Waals surface area contributed by atoms with E-state index in [2.05, 4.69) is 34.1 Å². The number of carbonyl (C=O) groups excluding carboxylic acids is 1. The number of para-hydroxylation sites is 1. The molecular formula is C22H25N3O2. The van der Waals surface area contributed by atoms with E-state index in [1.54, 1.807) is 7.11 Å². The molecular weight excluding hydrogens is 338 g/mol. The molecule has 0 radical (unpaired) electrons. The van der Waals surface area contributed by atoms with Crippen molar-refractivity contribution in [3.63, 3.8) is 0 Å². The maximum absolute atomic E-state index is 12.7. The van der Waals surface area contributed by atoms with Gasteiger partial charge in [-0.05, 0) is 35.2 Å². The van der Waals surface area contributed by atoms with Crippen LogP contribution in [-0.4, -0.2) is 54.0 Å². The van der Waals surface area contributed by atoms with Crippen molar-refractivity contribution in [2.24, 2.45) is 0 Å². The first-order valence-corrected chi connectivity index (χ1v) is 9.41. The van der Waals surface area contributed by atoms with Crippen LogP contribution in [0.1, 0.15) is 11.3 Å². The van der Waals surface area contributed by atoms with Crippen LogP contribution < -0.4 is 4.74 Å². The van der Waals surface area contributed by atoms with E-state index >= 15 is 0 Å². The molecule has 4 rings (SSSR count). The van der Waals surface area contributed by atoms with Crippen LogP contribution in [0.3, 0.4) is 0 Å². The summed E-state index contributed by atoms with van der Waals surface area (Å²) in [5.74, 6) is 1.08. The minimum Gasteiger partial charge on any atom is -0.497 e. The number of nitrogens with one attached hydrogen (secondary N) is 1. The fourth-order valence-electron chi connectivity index (χ4n) is 3.65. The van der Waals surface area contributed by atoms with Gasteiger partial charge < -0.3 is 14.6 Å². The second-order valence-corrected chi connectivity index (χ2v) is 7.06. The fraction of sp³-hybridized carbons (Fsp3) is 0.318. The van der Waals surface area contributed by atoms with Crippen LogP contribution in [0.15, 0.2) is 54.6 Å². The zero-order chi connectivity index (χ0) is 18.6. The molecule has 0 saturated carbocycles. The van der Waals surface area contributed by atoms with Gasteiger partial charge in [0.1, 0.15) is 5.75 Å². The number of H-pyrrole nitrogens is 1. The highest BCUT2D eigenvalue weighted by Gasteiger charge is 2.21. The number of hydrogen-bond donors (Lipinski definition) is 1. The first-order chi connectivity index (χ1) is 13.2. The highest BCUT2D eigenvalue weighted by molar-refractivity contribution is 5.84. The molecule has 1 aromatic heterocycles. The van der Waals surface area contributed by atoms with E-state index in [1.165, 1.54) is 5.56 Å². The van der Waals surface area contributed by atoms with Crippen LogP contribution in [0.5, 0.6) is 5.75 Å². The van der Waals surface area contributed by atoms with E-state index in [0.29, 0.717) is 6.42 Å². The lowest BCUT2D eigenvalue weighted by molar-refractivity contribution is -0.132. The lowest BCUT2D eigenvalue weighted by atomic mass is 10.2. The van der Waals surface area contributed by atoms with Crippen LogP contribution in [0, 0.1) is 0 Å². The van der Waals surface area contributed by atoms with E-state index in [9.17, 15) is 4.79 Å². The number of nitrogens with zero attached hydrogens (tertiary/aromatic N) is 2. The molecule has 1 amide bonds. The normalized spacial score (nSPS) is 15.2. The summed E-state index contributed by atoms with van der Waals surface area (Å²) in [7, 11) is 1.68. The third-order valence-electron chi connectivity index (χ3n) is 5.22. The molecule has 140 valence electrons. The molecule has 3 aromatic rings. The monoisotopic (exact) mass is 363 g/mol. The minimum absolute atomic E-state index is 0.200. The first-order valence-electron chi connectivity index (χ1n) is 9.41. The molecule has 2 aromatic carbocycles. The van der Waals surface area contributed by atoms with Crippen LogP contribution >= 0.6 is 0 Å². The molecule has 0 atom stereocenters. The molecule has 0 spiro atoms. The largest absolute Gasteiger partial charge is 0.497 e. The second kappa shape index (κ2) is 7.84. The van der Waals surface area contributed by atoms with Crippen molar-refractivity contribution in [2.45, 2.75) is 13.0 Å². The average molecular weight is 363 g/mol. The van der Waals surface area contributed by atoms with Gasteiger partial charge >= 0.3 is 0 Å². The van der Waals surface area contributed by atoms with Crippen molar-refractivity contribution in [1.82, 2.24) is 14.8 Å². The second-order valence-electron chi connectivity index (χ2n) is 7.06. The minimum atomic E-state index is 0.200. The lowest BCUT2D eigenvalue weighted by Crippen LogP contribution is -2.48. The van der Waals surface area contributed by atoms with Crippen LogP contribution in [-0.2, 0) is 17.8 Å². The number of methoxy groups -OCH3 is 1. The Kier molecular flexibility index (Phi) is 5.12. The SMILES string of the molecule is COc1ccc(CN2CCN(C(=O)Cc3cc4ccccc4[nH]3)CC2)cc1. The predicted molar refractivity (Wildman–Crippen MR) is 107 cm³/mol. The van der Waals surface area contributed by atoms with Crippen LogP contribution in [0.4, 0.5) is 0 Å². The maximum Gasteiger partial charge on any atom is 0.228 e. The number of carbonyl (C=O) groups is 1. The Hall–Kier alpha value is -2.79. The molecule has 0 bridgehead atoms. The molecule has 27 heavy (non-hydrogen) atoms. The Morgan fingerprint density at radius 1 is 1.04 bits per heavy atom. The maximum atomic E-state index is 12.7. The zero-order valence-corrected chi connectivity index (χ0v) is 15.6. The van der Waals surface area contributed by atoms with E-state index in [1.807, 2.05) is 35.2 Å². The lowest BCUT2D eigenvalue weighted by Gasteiger charge is -2.34. The Labute approximate surface area is 159 Å². The zero-order valence-electron chi connectivity index (χ0n) is 15.6. The summed E-state index contributed by atoms with van der Waals surface area (Å²) in [6.45, 7) is 4.30. The van der Waals surface area contributed by atoms with Crippen molar-refractivity contribution in [3.05, 3.63) is 65.9 Å². The number of rotatable bonds is 5. The summed E-state index contributed by atoms with van der Waals surface area (Å²) in [6.07, 6.45) is 0.438. The standard InChI is InChI=1S/C22H25N3O2/c1-27-20-8-6-17(7-9-20)16-24-10-12-25(13-11-24)22(26)15-19-14-18-4-2-3-5-21(18)23-19/h2-9,14,23H,10-13,15-16H2,1H3. The number of aromatic amines is 1. The third-order valence-corrected chi connectivity index (χ3v) is 5.22. The topological polar surface area (TPSA) is 48.6 Å². The Morgan fingerprint density at radius 3 is 2.48 bits per heavy atom. The molecule has 5 nitrogen and oxygen atoms in total. The number of fused-ring (bicyclic) bond motifs is 1. The van der Waals surface area contributed by atoms with Gasteiger partial charge in [-0.2, -0.15) is 0 Å². The third kappa shape index (κ3) is 4.14. The Morgan fingerprint density at radius 2 is 1.78 bits per heavy atom. The van der Waals surface area contributed by atoms with Gasteiger partial charge in [-0.15, -0.1) is 0 Å². The number of amides is 1. The van der Waals surface area contributed by atoms with E-state index < -0.39 is 0 Å². The molecule has 1 aliphatic rings. The molecule has 1 aliphatic heterocycles. The predicted octanol–water partition coefficient (Wildman–Crippen LogP) is 3.06. The van der Waals surface area contributed by atoms with E-state index in [4.69, 9.17) is 4.74 Å². The molecule has 2 heterocycles. The highest BCUT2D eigenvalue weighted by atomic mass is 16.5. The summed E-state index contributed by atoms with van der Waals surface area (Å²) in [5, 5.41) is 1.16. The summed E-state index contributed by atoms with van der Waals surface area (Å²) < 4.78 is 5.21. The average Bonchev–Trinajstić information content (AvgIpc) is 3.11. The number of aromatic nitrogens is 1. The van der Waals surface area contributed by atoms with Gasteiger partial charge in [0.05, 0.1) is 13.5 Å². The Balaban J connectivity index is 1.29. The molecule has 1 N–H and O–H groups in total. The van der Waals surface area contributed by atoms with Gasteiger partial charge in [0.25, 0.3) is 0 Å². The smallest absolute Gasteiger partial charge is 0.228 e. The first kappa shape index (κ1) is 17.6. The summed E-state index contributed by atoms with van der Waals surface area (Å²) in [4.78, 5) is 20.4. The summed E-state index contributed by atoms with van der Waals surface area (Å²) in [5.41, 5.74) is 3.35. The number of hydrogen-bond acceptors (Lipinski definition) is 3. The Bertz CT molecular complexity index is 876. The van der Waals surface area contributed by atoms with Crippen LogP contribution in [0.25, 0.3) is 10.9 Å². The molecule has 0 aliphatic carbocycles. The molecule has 1 fully saturated rings.